The summed E-state index contributed by atoms with van der Waals surface area (Å²) in [5.41, 5.74) is 7.47. The molecule has 0 aliphatic carbocycles. The summed E-state index contributed by atoms with van der Waals surface area (Å²) in [5.74, 6) is 0. The number of hydrogen-bond donors (Lipinski definition) is 1. The highest BCUT2D eigenvalue weighted by Gasteiger charge is 2.12. The molecule has 1 amide bonds. The van der Waals surface area contributed by atoms with Crippen LogP contribution in [0, 0.1) is 0 Å². The molecule has 0 spiro atoms. The van der Waals surface area contributed by atoms with Gasteiger partial charge in [0.25, 0.3) is 0 Å². The Labute approximate surface area is 123 Å². The monoisotopic (exact) mass is 283 g/mol. The maximum absolute atomic E-state index is 10.8. The summed E-state index contributed by atoms with van der Waals surface area (Å²) in [6, 6.07) is 16.9. The second-order valence-electron chi connectivity index (χ2n) is 4.46. The Kier molecular flexibility index (Phi) is 5.04. The molecular weight excluding hydrogens is 266 g/mol. The van der Waals surface area contributed by atoms with Gasteiger partial charge in [0.05, 0.1) is 11.4 Å². The summed E-state index contributed by atoms with van der Waals surface area (Å²) in [7, 11) is 0. The largest absolute Gasteiger partial charge is 0.442 e. The fourth-order valence-corrected chi connectivity index (χ4v) is 1.89. The van der Waals surface area contributed by atoms with Gasteiger partial charge in [0.1, 0.15) is 6.10 Å². The van der Waals surface area contributed by atoms with Crippen LogP contribution < -0.4 is 5.73 Å². The number of nitrogens with zero attached hydrogens (tertiary/aromatic N) is 2. The predicted molar refractivity (Wildman–Crippen MR) is 80.8 cm³/mol. The van der Waals surface area contributed by atoms with Crippen LogP contribution in [-0.4, -0.2) is 6.09 Å². The van der Waals surface area contributed by atoms with Crippen molar-refractivity contribution in [3.63, 3.8) is 0 Å². The van der Waals surface area contributed by atoms with Gasteiger partial charge in [-0.3, -0.25) is 0 Å². The molecule has 108 valence electrons. The Bertz CT molecular complexity index is 609. The molecule has 5 nitrogen and oxygen atoms in total. The highest BCUT2D eigenvalue weighted by Crippen LogP contribution is 2.24. The van der Waals surface area contributed by atoms with Crippen molar-refractivity contribution in [3.05, 3.63) is 60.2 Å². The van der Waals surface area contributed by atoms with E-state index in [1.807, 2.05) is 61.5 Å². The summed E-state index contributed by atoms with van der Waals surface area (Å²) >= 11 is 0. The fraction of sp³-hybridized carbons (Fsp3) is 0.188. The van der Waals surface area contributed by atoms with Gasteiger partial charge in [-0.1, -0.05) is 37.3 Å². The van der Waals surface area contributed by atoms with Gasteiger partial charge in [-0.2, -0.15) is 10.2 Å². The summed E-state index contributed by atoms with van der Waals surface area (Å²) in [6.45, 7) is 1.93. The molecule has 0 saturated heterocycles. The van der Waals surface area contributed by atoms with Crippen molar-refractivity contribution in [2.75, 3.05) is 0 Å². The lowest BCUT2D eigenvalue weighted by atomic mass is 10.1. The number of rotatable bonds is 5. The van der Waals surface area contributed by atoms with Gasteiger partial charge in [0, 0.05) is 0 Å². The smallest absolute Gasteiger partial charge is 0.405 e. The van der Waals surface area contributed by atoms with Crippen LogP contribution in [0.15, 0.2) is 64.8 Å². The third-order valence-electron chi connectivity index (χ3n) is 2.93. The molecule has 2 rings (SSSR count). The lowest BCUT2D eigenvalue weighted by molar-refractivity contribution is 0.104. The first kappa shape index (κ1) is 14.7. The molecule has 1 atom stereocenters. The minimum Gasteiger partial charge on any atom is -0.442 e. The molecule has 0 aliphatic rings. The van der Waals surface area contributed by atoms with E-state index in [0.29, 0.717) is 6.42 Å². The van der Waals surface area contributed by atoms with Crippen molar-refractivity contribution in [2.24, 2.45) is 16.0 Å². The van der Waals surface area contributed by atoms with Crippen molar-refractivity contribution in [1.82, 2.24) is 0 Å². The third-order valence-corrected chi connectivity index (χ3v) is 2.93. The van der Waals surface area contributed by atoms with Crippen molar-refractivity contribution in [1.29, 1.82) is 0 Å². The number of amides is 1. The summed E-state index contributed by atoms with van der Waals surface area (Å²) in [5, 5.41) is 8.30. The first-order valence-electron chi connectivity index (χ1n) is 6.72. The standard InChI is InChI=1S/C16H17N3O2/c1-2-15(21-16(17)20)12-8-10-14(11-9-12)19-18-13-6-4-3-5-7-13/h3-11,15H,2H2,1H3,(H2,17,20). The number of benzene rings is 2. The van der Waals surface area contributed by atoms with Gasteiger partial charge in [-0.25, -0.2) is 4.79 Å². The molecule has 0 saturated carbocycles. The number of hydrogen-bond acceptors (Lipinski definition) is 4. The Morgan fingerprint density at radius 3 is 2.14 bits per heavy atom. The molecule has 5 heteroatoms. The van der Waals surface area contributed by atoms with Crippen molar-refractivity contribution in [2.45, 2.75) is 19.4 Å². The fourth-order valence-electron chi connectivity index (χ4n) is 1.89. The average molecular weight is 283 g/mol. The summed E-state index contributed by atoms with van der Waals surface area (Å²) in [6.07, 6.45) is -0.439. The Morgan fingerprint density at radius 1 is 1.05 bits per heavy atom. The molecule has 2 N–H and O–H groups in total. The normalized spacial score (nSPS) is 12.2. The maximum Gasteiger partial charge on any atom is 0.405 e. The highest BCUT2D eigenvalue weighted by molar-refractivity contribution is 5.65. The van der Waals surface area contributed by atoms with Crippen LogP contribution in [0.25, 0.3) is 0 Å². The van der Waals surface area contributed by atoms with E-state index in [1.165, 1.54) is 0 Å². The SMILES string of the molecule is CCC(OC(N)=O)c1ccc(N=Nc2ccccc2)cc1. The number of carbonyl (C=O) groups excluding carboxylic acids is 1. The van der Waals surface area contributed by atoms with E-state index in [9.17, 15) is 4.79 Å². The van der Waals surface area contributed by atoms with Crippen LogP contribution in [0.3, 0.4) is 0 Å². The van der Waals surface area contributed by atoms with Crippen LogP contribution in [0.4, 0.5) is 16.2 Å². The van der Waals surface area contributed by atoms with Crippen LogP contribution in [0.5, 0.6) is 0 Å². The van der Waals surface area contributed by atoms with Crippen molar-refractivity contribution < 1.29 is 9.53 Å². The predicted octanol–water partition coefficient (Wildman–Crippen LogP) is 4.65. The zero-order valence-corrected chi connectivity index (χ0v) is 11.8. The highest BCUT2D eigenvalue weighted by atomic mass is 16.6. The lowest BCUT2D eigenvalue weighted by Crippen LogP contribution is -2.16. The molecular formula is C16H17N3O2. The Hall–Kier alpha value is -2.69. The van der Waals surface area contributed by atoms with Crippen LogP contribution in [-0.2, 0) is 4.74 Å². The van der Waals surface area contributed by atoms with Crippen LogP contribution >= 0.6 is 0 Å². The van der Waals surface area contributed by atoms with E-state index in [0.717, 1.165) is 16.9 Å². The number of primary amides is 1. The topological polar surface area (TPSA) is 77.0 Å². The van der Waals surface area contributed by atoms with Crippen molar-refractivity contribution >= 4 is 17.5 Å². The number of nitrogens with two attached hydrogens (primary N) is 1. The molecule has 2 aromatic rings. The van der Waals surface area contributed by atoms with Crippen LogP contribution in [0.1, 0.15) is 25.0 Å². The zero-order valence-electron chi connectivity index (χ0n) is 11.8. The van der Waals surface area contributed by atoms with Crippen LogP contribution in [0.2, 0.25) is 0 Å². The van der Waals surface area contributed by atoms with E-state index >= 15 is 0 Å². The number of carbonyl (C=O) groups is 1. The molecule has 0 heterocycles. The maximum atomic E-state index is 10.8. The van der Waals surface area contributed by atoms with E-state index < -0.39 is 6.09 Å². The minimum atomic E-state index is -0.769. The van der Waals surface area contributed by atoms with E-state index in [1.54, 1.807) is 0 Å². The second kappa shape index (κ2) is 7.19. The van der Waals surface area contributed by atoms with E-state index in [4.69, 9.17) is 10.5 Å². The van der Waals surface area contributed by atoms with Gasteiger partial charge < -0.3 is 10.5 Å². The molecule has 2 aromatic carbocycles. The van der Waals surface area contributed by atoms with Gasteiger partial charge in [-0.05, 0) is 36.2 Å². The van der Waals surface area contributed by atoms with Gasteiger partial charge >= 0.3 is 6.09 Å². The molecule has 0 fully saturated rings. The molecule has 21 heavy (non-hydrogen) atoms. The second-order valence-corrected chi connectivity index (χ2v) is 4.46. The molecule has 1 unspecified atom stereocenters. The number of ether oxygens (including phenoxy) is 1. The third kappa shape index (κ3) is 4.42. The molecule has 0 bridgehead atoms. The molecule has 0 aromatic heterocycles. The van der Waals surface area contributed by atoms with E-state index in [2.05, 4.69) is 10.2 Å². The minimum absolute atomic E-state index is 0.331. The lowest BCUT2D eigenvalue weighted by Gasteiger charge is -2.14. The zero-order chi connectivity index (χ0) is 15.1. The summed E-state index contributed by atoms with van der Waals surface area (Å²) < 4.78 is 5.04. The number of azo groups is 1. The summed E-state index contributed by atoms with van der Waals surface area (Å²) in [4.78, 5) is 10.8. The van der Waals surface area contributed by atoms with Gasteiger partial charge in [-0.15, -0.1) is 0 Å². The Morgan fingerprint density at radius 2 is 1.62 bits per heavy atom. The quantitative estimate of drug-likeness (QED) is 0.811. The van der Waals surface area contributed by atoms with Crippen molar-refractivity contribution in [3.8, 4) is 0 Å². The Balaban J connectivity index is 2.08. The average Bonchev–Trinajstić information content (AvgIpc) is 2.52. The molecule has 0 aliphatic heterocycles. The first-order chi connectivity index (χ1) is 10.2. The first-order valence-corrected chi connectivity index (χ1v) is 6.72. The van der Waals surface area contributed by atoms with Gasteiger partial charge in [0.2, 0.25) is 0 Å². The van der Waals surface area contributed by atoms with Gasteiger partial charge in [0.15, 0.2) is 0 Å². The molecule has 0 radical (unpaired) electrons. The van der Waals surface area contributed by atoms with E-state index in [-0.39, 0.29) is 6.10 Å².